The zero-order valence-corrected chi connectivity index (χ0v) is 17.5. The van der Waals surface area contributed by atoms with Crippen molar-refractivity contribution in [2.45, 2.75) is 83.5 Å². The lowest BCUT2D eigenvalue weighted by Crippen LogP contribution is -2.53. The molecule has 0 radical (unpaired) electrons. The van der Waals surface area contributed by atoms with E-state index in [1.165, 1.54) is 12.8 Å². The maximum Gasteiger partial charge on any atom is 0.303 e. The number of rotatable bonds is 4. The summed E-state index contributed by atoms with van der Waals surface area (Å²) in [4.78, 5) is 11.8. The first-order valence-corrected chi connectivity index (χ1v) is 11.2. The van der Waals surface area contributed by atoms with Crippen LogP contribution >= 0.6 is 0 Å². The topological polar surface area (TPSA) is 89.8 Å². The van der Waals surface area contributed by atoms with Crippen LogP contribution in [0.2, 0.25) is 0 Å². The second kappa shape index (κ2) is 7.10. The number of fused-ring (bicyclic) bond motifs is 5. The van der Waals surface area contributed by atoms with Crippen LogP contribution in [0.5, 0.6) is 0 Å². The van der Waals surface area contributed by atoms with Gasteiger partial charge in [0, 0.05) is 12.0 Å². The molecule has 4 aliphatic rings. The van der Waals surface area contributed by atoms with Crippen molar-refractivity contribution in [3.8, 4) is 0 Å². The van der Waals surface area contributed by atoms with E-state index in [1.54, 1.807) is 12.5 Å². The highest BCUT2D eigenvalue weighted by Crippen LogP contribution is 2.67. The van der Waals surface area contributed by atoms with Gasteiger partial charge < -0.3 is 20.6 Å². The van der Waals surface area contributed by atoms with Crippen molar-refractivity contribution in [1.82, 2.24) is 5.32 Å². The standard InChI is InChI=1S/C23H37NO4/c1-13(25)21-19(26)11-18-16-5-4-14-10-15(24-3)6-8-22(14,2)17(16)7-9-23(18,21)12-20(27)28/h4,13,15-19,21,24-26H,5-12H2,1-3H3,(H,27,28)/t13-,15-,16+,17-,18-,19+,21-,22-,23+/m0/s1. The molecule has 9 atom stereocenters. The van der Waals surface area contributed by atoms with E-state index in [1.807, 2.05) is 0 Å². The smallest absolute Gasteiger partial charge is 0.303 e. The minimum absolute atomic E-state index is 0.0721. The third-order valence-corrected chi connectivity index (χ3v) is 9.34. The quantitative estimate of drug-likeness (QED) is 0.553. The molecule has 158 valence electrons. The van der Waals surface area contributed by atoms with Gasteiger partial charge in [-0.15, -0.1) is 0 Å². The molecule has 0 amide bonds. The van der Waals surface area contributed by atoms with E-state index in [0.29, 0.717) is 24.3 Å². The Morgan fingerprint density at radius 1 is 1.32 bits per heavy atom. The minimum atomic E-state index is -0.795. The van der Waals surface area contributed by atoms with Gasteiger partial charge in [0.05, 0.1) is 18.6 Å². The van der Waals surface area contributed by atoms with Crippen molar-refractivity contribution < 1.29 is 20.1 Å². The molecule has 0 aromatic carbocycles. The number of nitrogens with one attached hydrogen (secondary N) is 1. The van der Waals surface area contributed by atoms with Crippen LogP contribution in [0.3, 0.4) is 0 Å². The molecule has 0 bridgehead atoms. The Kier molecular flexibility index (Phi) is 5.17. The van der Waals surface area contributed by atoms with E-state index in [4.69, 9.17) is 0 Å². The molecule has 0 aromatic rings. The predicted octanol–water partition coefficient (Wildman–Crippen LogP) is 2.96. The molecule has 4 aliphatic carbocycles. The lowest BCUT2D eigenvalue weighted by Gasteiger charge is -2.58. The first-order valence-electron chi connectivity index (χ1n) is 11.2. The third-order valence-electron chi connectivity index (χ3n) is 9.34. The second-order valence-corrected chi connectivity index (χ2v) is 10.4. The number of aliphatic hydroxyl groups excluding tert-OH is 2. The van der Waals surface area contributed by atoms with E-state index < -0.39 is 23.6 Å². The lowest BCUT2D eigenvalue weighted by molar-refractivity contribution is -0.148. The van der Waals surface area contributed by atoms with Gasteiger partial charge in [-0.2, -0.15) is 0 Å². The van der Waals surface area contributed by atoms with Crippen LogP contribution < -0.4 is 5.32 Å². The number of carbonyl (C=O) groups is 1. The number of allylic oxidation sites excluding steroid dienone is 1. The highest BCUT2D eigenvalue weighted by Gasteiger charge is 2.64. The Bertz CT molecular complexity index is 661. The first-order chi connectivity index (χ1) is 13.2. The zero-order valence-electron chi connectivity index (χ0n) is 17.5. The van der Waals surface area contributed by atoms with E-state index in [-0.39, 0.29) is 23.7 Å². The van der Waals surface area contributed by atoms with E-state index in [9.17, 15) is 20.1 Å². The van der Waals surface area contributed by atoms with Gasteiger partial charge in [-0.1, -0.05) is 18.6 Å². The highest BCUT2D eigenvalue weighted by molar-refractivity contribution is 5.68. The second-order valence-electron chi connectivity index (χ2n) is 10.4. The van der Waals surface area contributed by atoms with Gasteiger partial charge in [-0.3, -0.25) is 4.79 Å². The van der Waals surface area contributed by atoms with Crippen molar-refractivity contribution in [2.75, 3.05) is 7.05 Å². The van der Waals surface area contributed by atoms with E-state index in [2.05, 4.69) is 25.4 Å². The summed E-state index contributed by atoms with van der Waals surface area (Å²) in [6, 6.07) is 0.568. The van der Waals surface area contributed by atoms with Crippen LogP contribution in [0.4, 0.5) is 0 Å². The van der Waals surface area contributed by atoms with Crippen LogP contribution in [-0.2, 0) is 4.79 Å². The summed E-state index contributed by atoms with van der Waals surface area (Å²) in [7, 11) is 2.05. The first kappa shape index (κ1) is 20.4. The summed E-state index contributed by atoms with van der Waals surface area (Å²) >= 11 is 0. The van der Waals surface area contributed by atoms with Gasteiger partial charge in [0.15, 0.2) is 0 Å². The predicted molar refractivity (Wildman–Crippen MR) is 108 cm³/mol. The number of carboxylic acid groups (broad SMARTS) is 1. The summed E-state index contributed by atoms with van der Waals surface area (Å²) in [6.07, 6.45) is 8.22. The number of aliphatic hydroxyl groups is 2. The van der Waals surface area contributed by atoms with Crippen LogP contribution in [-0.4, -0.2) is 46.6 Å². The Hall–Kier alpha value is -0.910. The largest absolute Gasteiger partial charge is 0.481 e. The number of hydrogen-bond acceptors (Lipinski definition) is 4. The third kappa shape index (κ3) is 2.88. The van der Waals surface area contributed by atoms with E-state index in [0.717, 1.165) is 25.7 Å². The van der Waals surface area contributed by atoms with Crippen LogP contribution in [0.25, 0.3) is 0 Å². The van der Waals surface area contributed by atoms with Gasteiger partial charge in [-0.25, -0.2) is 0 Å². The van der Waals surface area contributed by atoms with Crippen LogP contribution in [0.15, 0.2) is 11.6 Å². The Labute approximate surface area is 168 Å². The molecular formula is C23H37NO4. The SMILES string of the molecule is CN[C@H]1CC[C@@]2(C)C(=CC[C@H]3[C@@H]4C[C@@H](O)[C@H]([C@H](C)O)[C@@]4(CC(=O)O)CC[C@@H]32)C1. The Balaban J connectivity index is 1.69. The molecule has 4 rings (SSSR count). The molecule has 3 saturated carbocycles. The summed E-state index contributed by atoms with van der Waals surface area (Å²) < 4.78 is 0. The summed E-state index contributed by atoms with van der Waals surface area (Å²) in [5, 5.41) is 34.5. The summed E-state index contributed by atoms with van der Waals surface area (Å²) in [5.41, 5.74) is 1.33. The maximum absolute atomic E-state index is 11.8. The van der Waals surface area contributed by atoms with E-state index >= 15 is 0 Å². The molecule has 3 fully saturated rings. The summed E-state index contributed by atoms with van der Waals surface area (Å²) in [6.45, 7) is 4.16. The van der Waals surface area contributed by atoms with Crippen molar-refractivity contribution >= 4 is 5.97 Å². The monoisotopic (exact) mass is 391 g/mol. The molecule has 5 heteroatoms. The average molecular weight is 392 g/mol. The molecule has 0 unspecified atom stereocenters. The van der Waals surface area contributed by atoms with Gasteiger partial charge in [0.2, 0.25) is 0 Å². The molecular weight excluding hydrogens is 354 g/mol. The Morgan fingerprint density at radius 2 is 2.07 bits per heavy atom. The molecule has 0 aliphatic heterocycles. The molecule has 28 heavy (non-hydrogen) atoms. The van der Waals surface area contributed by atoms with Crippen molar-refractivity contribution in [2.24, 2.45) is 34.5 Å². The molecule has 0 spiro atoms. The number of carboxylic acids is 1. The van der Waals surface area contributed by atoms with Gasteiger partial charge in [0.25, 0.3) is 0 Å². The molecule has 4 N–H and O–H groups in total. The van der Waals surface area contributed by atoms with Crippen LogP contribution in [0.1, 0.15) is 65.2 Å². The summed E-state index contributed by atoms with van der Waals surface area (Å²) in [5.74, 6) is 0.0564. The fourth-order valence-corrected chi connectivity index (χ4v) is 8.18. The number of hydrogen-bond donors (Lipinski definition) is 4. The van der Waals surface area contributed by atoms with Crippen molar-refractivity contribution in [3.05, 3.63) is 11.6 Å². The van der Waals surface area contributed by atoms with Gasteiger partial charge >= 0.3 is 5.97 Å². The number of aliphatic carboxylic acids is 1. The highest BCUT2D eigenvalue weighted by atomic mass is 16.4. The fraction of sp³-hybridized carbons (Fsp3) is 0.870. The molecule has 0 aromatic heterocycles. The zero-order chi connectivity index (χ0) is 20.3. The molecule has 0 heterocycles. The molecule has 0 saturated heterocycles. The van der Waals surface area contributed by atoms with Crippen LogP contribution in [0, 0.1) is 34.5 Å². The average Bonchev–Trinajstić information content (AvgIpc) is 2.92. The minimum Gasteiger partial charge on any atom is -0.481 e. The Morgan fingerprint density at radius 3 is 2.71 bits per heavy atom. The maximum atomic E-state index is 11.8. The fourth-order valence-electron chi connectivity index (χ4n) is 8.18. The van der Waals surface area contributed by atoms with Gasteiger partial charge in [-0.05, 0) is 87.5 Å². The lowest BCUT2D eigenvalue weighted by atomic mass is 9.46. The van der Waals surface area contributed by atoms with Crippen molar-refractivity contribution in [3.63, 3.8) is 0 Å². The normalized spacial score (nSPS) is 48.8. The molecule has 5 nitrogen and oxygen atoms in total. The van der Waals surface area contributed by atoms with Crippen molar-refractivity contribution in [1.29, 1.82) is 0 Å². The van der Waals surface area contributed by atoms with Gasteiger partial charge in [0.1, 0.15) is 0 Å².